The molecule has 0 aromatic heterocycles. The van der Waals surface area contributed by atoms with Crippen LogP contribution >= 0.6 is 0 Å². The monoisotopic (exact) mass is 397 g/mol. The van der Waals surface area contributed by atoms with Crippen LogP contribution in [0.5, 0.6) is 0 Å². The lowest BCUT2D eigenvalue weighted by molar-refractivity contribution is -0.730. The molecular weight excluding hydrogens is 375 g/mol. The molecule has 7 heteroatoms. The molecule has 0 aliphatic carbocycles. The van der Waals surface area contributed by atoms with E-state index in [0.717, 1.165) is 16.0 Å². The normalized spacial score (nSPS) is 28.6. The molecule has 0 unspecified atom stereocenters. The van der Waals surface area contributed by atoms with Crippen LogP contribution < -0.4 is 10.2 Å². The van der Waals surface area contributed by atoms with Gasteiger partial charge in [0.25, 0.3) is 0 Å². The Balaban J connectivity index is 1.84. The van der Waals surface area contributed by atoms with Crippen LogP contribution in [0.4, 0.5) is 10.1 Å². The first-order valence-electron chi connectivity index (χ1n) is 9.43. The molecule has 0 saturated carbocycles. The highest BCUT2D eigenvalue weighted by molar-refractivity contribution is 6.23. The molecule has 2 heterocycles. The molecule has 4 rings (SSSR count). The third-order valence-corrected chi connectivity index (χ3v) is 6.09. The number of rotatable bonds is 3. The molecule has 2 N–H and O–H groups in total. The van der Waals surface area contributed by atoms with Gasteiger partial charge >= 0.3 is 5.97 Å². The molecule has 150 valence electrons. The molecule has 2 aliphatic rings. The second-order valence-corrected chi connectivity index (χ2v) is 7.84. The fourth-order valence-electron chi connectivity index (χ4n) is 4.64. The van der Waals surface area contributed by atoms with Crippen LogP contribution in [0, 0.1) is 24.6 Å². The summed E-state index contributed by atoms with van der Waals surface area (Å²) in [4.78, 5) is 40.2. The number of carbonyl (C=O) groups is 3. The maximum absolute atomic E-state index is 14.4. The van der Waals surface area contributed by atoms with Crippen LogP contribution in [0.1, 0.15) is 24.1 Å². The lowest BCUT2D eigenvalue weighted by atomic mass is 9.80. The van der Waals surface area contributed by atoms with E-state index < -0.39 is 47.0 Å². The molecule has 2 saturated heterocycles. The van der Waals surface area contributed by atoms with Crippen molar-refractivity contribution in [1.82, 2.24) is 0 Å². The Morgan fingerprint density at radius 3 is 2.38 bits per heavy atom. The summed E-state index contributed by atoms with van der Waals surface area (Å²) in [5.41, 5.74) is 0.504. The zero-order chi connectivity index (χ0) is 20.9. The average Bonchev–Trinajstić information content (AvgIpc) is 3.17. The van der Waals surface area contributed by atoms with Gasteiger partial charge in [-0.15, -0.1) is 0 Å². The number of para-hydroxylation sites is 1. The molecule has 2 fully saturated rings. The topological polar surface area (TPSA) is 80.3 Å². The standard InChI is InChI=1S/C22H21FN2O4/c1-12-8-10-13(11-9-12)18-16-17(22(2,24-18)21(28)29-3)20(27)25(19(16)26)15-7-5-4-6-14(15)23/h4-11,16-18,24H,1-3H3/p+1/t16-,17+,18+,22+/m1/s1. The Bertz CT molecular complexity index is 1010. The number of aryl methyl sites for hydroxylation is 1. The second kappa shape index (κ2) is 6.77. The summed E-state index contributed by atoms with van der Waals surface area (Å²) < 4.78 is 19.4. The van der Waals surface area contributed by atoms with Crippen molar-refractivity contribution in [3.8, 4) is 0 Å². The largest absolute Gasteiger partial charge is 0.464 e. The molecule has 2 aromatic rings. The van der Waals surface area contributed by atoms with E-state index in [9.17, 15) is 18.8 Å². The Labute approximate surface area is 167 Å². The van der Waals surface area contributed by atoms with Crippen molar-refractivity contribution >= 4 is 23.5 Å². The van der Waals surface area contributed by atoms with Crippen molar-refractivity contribution in [2.75, 3.05) is 12.0 Å². The first kappa shape index (κ1) is 19.3. The summed E-state index contributed by atoms with van der Waals surface area (Å²) in [6, 6.07) is 12.8. The summed E-state index contributed by atoms with van der Waals surface area (Å²) in [5, 5.41) is 1.74. The van der Waals surface area contributed by atoms with Crippen molar-refractivity contribution in [3.05, 3.63) is 65.5 Å². The number of benzene rings is 2. The van der Waals surface area contributed by atoms with E-state index >= 15 is 0 Å². The maximum atomic E-state index is 14.4. The number of anilines is 1. The summed E-state index contributed by atoms with van der Waals surface area (Å²) in [6.07, 6.45) is 0. The highest BCUT2D eigenvalue weighted by Gasteiger charge is 2.71. The van der Waals surface area contributed by atoms with Gasteiger partial charge in [-0.2, -0.15) is 0 Å². The van der Waals surface area contributed by atoms with E-state index in [1.807, 2.05) is 31.2 Å². The fraction of sp³-hybridized carbons (Fsp3) is 0.318. The van der Waals surface area contributed by atoms with E-state index in [-0.39, 0.29) is 5.69 Å². The zero-order valence-corrected chi connectivity index (χ0v) is 16.4. The highest BCUT2D eigenvalue weighted by atomic mass is 19.1. The lowest BCUT2D eigenvalue weighted by Crippen LogP contribution is -2.97. The summed E-state index contributed by atoms with van der Waals surface area (Å²) >= 11 is 0. The van der Waals surface area contributed by atoms with Crippen molar-refractivity contribution in [3.63, 3.8) is 0 Å². The third kappa shape index (κ3) is 2.76. The van der Waals surface area contributed by atoms with Crippen molar-refractivity contribution in [1.29, 1.82) is 0 Å². The van der Waals surface area contributed by atoms with Gasteiger partial charge in [0.1, 0.15) is 23.7 Å². The van der Waals surface area contributed by atoms with Gasteiger partial charge in [-0.1, -0.05) is 42.0 Å². The lowest BCUT2D eigenvalue weighted by Gasteiger charge is -2.25. The fourth-order valence-corrected chi connectivity index (χ4v) is 4.64. The number of carbonyl (C=O) groups excluding carboxylic acids is 3. The number of nitrogens with zero attached hydrogens (tertiary/aromatic N) is 1. The van der Waals surface area contributed by atoms with E-state index in [1.54, 1.807) is 18.3 Å². The van der Waals surface area contributed by atoms with Crippen LogP contribution in [0.15, 0.2) is 48.5 Å². The number of nitrogens with two attached hydrogens (primary N) is 1. The van der Waals surface area contributed by atoms with Crippen LogP contribution in [0.25, 0.3) is 0 Å². The van der Waals surface area contributed by atoms with Crippen LogP contribution in [0.3, 0.4) is 0 Å². The SMILES string of the molecule is COC(=O)[C@@]1(C)[NH2+][C@@H](c2ccc(C)cc2)[C@@H]2C(=O)N(c3ccccc3F)C(=O)[C@H]21. The van der Waals surface area contributed by atoms with E-state index in [4.69, 9.17) is 4.74 Å². The van der Waals surface area contributed by atoms with Crippen molar-refractivity contribution in [2.24, 2.45) is 11.8 Å². The molecule has 6 nitrogen and oxygen atoms in total. The molecule has 4 atom stereocenters. The van der Waals surface area contributed by atoms with Crippen LogP contribution in [-0.2, 0) is 19.1 Å². The minimum Gasteiger partial charge on any atom is -0.464 e. The summed E-state index contributed by atoms with van der Waals surface area (Å²) in [5.74, 6) is -4.07. The minimum absolute atomic E-state index is 0.0910. The summed E-state index contributed by atoms with van der Waals surface area (Å²) in [6.45, 7) is 3.56. The molecule has 0 radical (unpaired) electrons. The van der Waals surface area contributed by atoms with Crippen molar-refractivity contribution < 1.29 is 28.8 Å². The molecule has 0 spiro atoms. The first-order valence-corrected chi connectivity index (χ1v) is 9.43. The second-order valence-electron chi connectivity index (χ2n) is 7.84. The Morgan fingerprint density at radius 1 is 1.10 bits per heavy atom. The first-order chi connectivity index (χ1) is 13.8. The smallest absolute Gasteiger partial charge is 0.368 e. The average molecular weight is 397 g/mol. The van der Waals surface area contributed by atoms with E-state index in [2.05, 4.69) is 0 Å². The molecule has 2 aliphatic heterocycles. The Hall–Kier alpha value is -3.06. The predicted molar refractivity (Wildman–Crippen MR) is 102 cm³/mol. The van der Waals surface area contributed by atoms with Gasteiger partial charge < -0.3 is 10.1 Å². The van der Waals surface area contributed by atoms with Gasteiger partial charge in [-0.25, -0.2) is 14.1 Å². The number of amides is 2. The van der Waals surface area contributed by atoms with Crippen LogP contribution in [-0.4, -0.2) is 30.4 Å². The predicted octanol–water partition coefficient (Wildman–Crippen LogP) is 1.49. The highest BCUT2D eigenvalue weighted by Crippen LogP contribution is 2.46. The zero-order valence-electron chi connectivity index (χ0n) is 16.4. The van der Waals surface area contributed by atoms with Gasteiger partial charge in [0.15, 0.2) is 0 Å². The molecule has 0 bridgehead atoms. The summed E-state index contributed by atoms with van der Waals surface area (Å²) in [7, 11) is 1.26. The number of hydrogen-bond donors (Lipinski definition) is 1. The minimum atomic E-state index is -1.29. The number of quaternary nitrogens is 1. The third-order valence-electron chi connectivity index (χ3n) is 6.09. The van der Waals surface area contributed by atoms with Gasteiger partial charge in [-0.3, -0.25) is 9.59 Å². The number of hydrogen-bond acceptors (Lipinski definition) is 4. The van der Waals surface area contributed by atoms with E-state index in [0.29, 0.717) is 0 Å². The Kier molecular flexibility index (Phi) is 4.50. The van der Waals surface area contributed by atoms with Gasteiger partial charge in [0.2, 0.25) is 17.4 Å². The van der Waals surface area contributed by atoms with Crippen molar-refractivity contribution in [2.45, 2.75) is 25.4 Å². The number of fused-ring (bicyclic) bond motifs is 1. The van der Waals surface area contributed by atoms with Gasteiger partial charge in [-0.05, 0) is 19.1 Å². The van der Waals surface area contributed by atoms with Crippen LogP contribution in [0.2, 0.25) is 0 Å². The number of ether oxygens (including phenoxy) is 1. The molecule has 2 amide bonds. The molecule has 29 heavy (non-hydrogen) atoms. The quantitative estimate of drug-likeness (QED) is 0.629. The Morgan fingerprint density at radius 2 is 1.76 bits per heavy atom. The van der Waals surface area contributed by atoms with Gasteiger partial charge in [0, 0.05) is 12.5 Å². The van der Waals surface area contributed by atoms with E-state index in [1.165, 1.54) is 25.3 Å². The maximum Gasteiger partial charge on any atom is 0.368 e. The van der Waals surface area contributed by atoms with Gasteiger partial charge in [0.05, 0.1) is 12.8 Å². The number of esters is 1. The number of methoxy groups -OCH3 is 1. The molecular formula is C22H22FN2O4+. The molecule has 2 aromatic carbocycles. The number of halogens is 1. The number of imide groups is 1.